The molecule has 0 heterocycles. The molecule has 0 spiro atoms. The second kappa shape index (κ2) is 6.83. The normalized spacial score (nSPS) is 15.1. The van der Waals surface area contributed by atoms with Gasteiger partial charge in [0.05, 0.1) is 18.2 Å². The molecular weight excluding hydrogens is 292 g/mol. The van der Waals surface area contributed by atoms with Crippen LogP contribution < -0.4 is 9.47 Å². The third-order valence-electron chi connectivity index (χ3n) is 3.21. The Morgan fingerprint density at radius 3 is 2.89 bits per heavy atom. The van der Waals surface area contributed by atoms with Gasteiger partial charge in [-0.1, -0.05) is 17.7 Å². The summed E-state index contributed by atoms with van der Waals surface area (Å²) in [6, 6.07) is 5.83. The maximum absolute atomic E-state index is 5.85. The fraction of sp³-hybridized carbons (Fsp3) is 0.467. The zero-order valence-corrected chi connectivity index (χ0v) is 12.3. The Labute approximate surface area is 117 Å². The average Bonchev–Trinajstić information content (AvgIpc) is 2.41. The first-order valence-electron chi connectivity index (χ1n) is 6.44. The zero-order chi connectivity index (χ0) is 12.8. The van der Waals surface area contributed by atoms with Gasteiger partial charge in [-0.2, -0.15) is 0 Å². The van der Waals surface area contributed by atoms with E-state index in [0.29, 0.717) is 6.61 Å². The number of rotatable bonds is 5. The van der Waals surface area contributed by atoms with Crippen molar-refractivity contribution in [1.82, 2.24) is 0 Å². The lowest BCUT2D eigenvalue weighted by Gasteiger charge is -2.15. The summed E-state index contributed by atoms with van der Waals surface area (Å²) in [5.74, 6) is 1.58. The summed E-state index contributed by atoms with van der Waals surface area (Å²) in [5, 5.41) is 0. The first-order chi connectivity index (χ1) is 8.81. The van der Waals surface area contributed by atoms with Gasteiger partial charge in [-0.25, -0.2) is 0 Å². The molecule has 0 aromatic heterocycles. The standard InChI is InChI=1S/C15H19BrO2/c1-17-14-9-5-8-13(16)15(14)18-11-10-12-6-3-2-4-7-12/h5-6,8-9H,2-4,7,10-11H2,1H3. The molecule has 0 saturated carbocycles. The van der Waals surface area contributed by atoms with Crippen molar-refractivity contribution in [2.45, 2.75) is 32.1 Å². The van der Waals surface area contributed by atoms with E-state index in [1.54, 1.807) is 7.11 Å². The zero-order valence-electron chi connectivity index (χ0n) is 10.7. The fourth-order valence-corrected chi connectivity index (χ4v) is 2.67. The van der Waals surface area contributed by atoms with Crippen molar-refractivity contribution >= 4 is 15.9 Å². The molecular formula is C15H19BrO2. The number of ether oxygens (including phenoxy) is 2. The van der Waals surface area contributed by atoms with Crippen molar-refractivity contribution in [2.24, 2.45) is 0 Å². The second-order valence-electron chi connectivity index (χ2n) is 4.48. The Morgan fingerprint density at radius 1 is 1.28 bits per heavy atom. The van der Waals surface area contributed by atoms with E-state index in [9.17, 15) is 0 Å². The lowest BCUT2D eigenvalue weighted by molar-refractivity contribution is 0.293. The molecule has 0 saturated heterocycles. The molecule has 1 aliphatic carbocycles. The van der Waals surface area contributed by atoms with Crippen LogP contribution in [0.4, 0.5) is 0 Å². The van der Waals surface area contributed by atoms with Crippen LogP contribution in [-0.2, 0) is 0 Å². The van der Waals surface area contributed by atoms with E-state index in [2.05, 4.69) is 22.0 Å². The van der Waals surface area contributed by atoms with Crippen LogP contribution >= 0.6 is 15.9 Å². The highest BCUT2D eigenvalue weighted by atomic mass is 79.9. The molecule has 98 valence electrons. The van der Waals surface area contributed by atoms with Gasteiger partial charge in [0, 0.05) is 6.42 Å². The van der Waals surface area contributed by atoms with Gasteiger partial charge in [-0.15, -0.1) is 0 Å². The summed E-state index contributed by atoms with van der Waals surface area (Å²) in [6.45, 7) is 0.713. The minimum absolute atomic E-state index is 0.713. The van der Waals surface area contributed by atoms with Crippen molar-refractivity contribution in [2.75, 3.05) is 13.7 Å². The highest BCUT2D eigenvalue weighted by molar-refractivity contribution is 9.10. The highest BCUT2D eigenvalue weighted by Gasteiger charge is 2.09. The molecule has 2 nitrogen and oxygen atoms in total. The number of para-hydroxylation sites is 1. The van der Waals surface area contributed by atoms with Gasteiger partial charge >= 0.3 is 0 Å². The van der Waals surface area contributed by atoms with Crippen LogP contribution in [0, 0.1) is 0 Å². The molecule has 3 heteroatoms. The number of benzene rings is 1. The molecule has 1 aliphatic rings. The minimum atomic E-state index is 0.713. The Morgan fingerprint density at radius 2 is 2.17 bits per heavy atom. The van der Waals surface area contributed by atoms with Gasteiger partial charge in [0.1, 0.15) is 0 Å². The quantitative estimate of drug-likeness (QED) is 0.732. The topological polar surface area (TPSA) is 18.5 Å². The summed E-state index contributed by atoms with van der Waals surface area (Å²) in [7, 11) is 1.66. The van der Waals surface area contributed by atoms with Crippen molar-refractivity contribution in [3.63, 3.8) is 0 Å². The maximum atomic E-state index is 5.85. The van der Waals surface area contributed by atoms with Crippen LogP contribution in [0.15, 0.2) is 34.3 Å². The van der Waals surface area contributed by atoms with Gasteiger partial charge in [-0.3, -0.25) is 0 Å². The fourth-order valence-electron chi connectivity index (χ4n) is 2.21. The van der Waals surface area contributed by atoms with E-state index < -0.39 is 0 Å². The van der Waals surface area contributed by atoms with Crippen molar-refractivity contribution < 1.29 is 9.47 Å². The van der Waals surface area contributed by atoms with E-state index in [1.807, 2.05) is 18.2 Å². The lowest BCUT2D eigenvalue weighted by atomic mass is 9.98. The van der Waals surface area contributed by atoms with Crippen LogP contribution in [-0.4, -0.2) is 13.7 Å². The van der Waals surface area contributed by atoms with Crippen LogP contribution in [0.1, 0.15) is 32.1 Å². The Hall–Kier alpha value is -0.960. The molecule has 0 aliphatic heterocycles. The lowest BCUT2D eigenvalue weighted by Crippen LogP contribution is -2.03. The Kier molecular flexibility index (Phi) is 5.12. The summed E-state index contributed by atoms with van der Waals surface area (Å²) in [5.41, 5.74) is 1.53. The highest BCUT2D eigenvalue weighted by Crippen LogP contribution is 2.35. The van der Waals surface area contributed by atoms with Gasteiger partial charge in [0.15, 0.2) is 11.5 Å². The molecule has 0 unspecified atom stereocenters. The molecule has 0 radical (unpaired) electrons. The van der Waals surface area contributed by atoms with Crippen molar-refractivity contribution in [3.05, 3.63) is 34.3 Å². The molecule has 18 heavy (non-hydrogen) atoms. The van der Waals surface area contributed by atoms with E-state index in [1.165, 1.54) is 31.3 Å². The second-order valence-corrected chi connectivity index (χ2v) is 5.33. The van der Waals surface area contributed by atoms with Gasteiger partial charge < -0.3 is 9.47 Å². The molecule has 2 rings (SSSR count). The maximum Gasteiger partial charge on any atom is 0.175 e. The third-order valence-corrected chi connectivity index (χ3v) is 3.83. The molecule has 1 aromatic carbocycles. The van der Waals surface area contributed by atoms with Crippen molar-refractivity contribution in [3.8, 4) is 11.5 Å². The van der Waals surface area contributed by atoms with E-state index in [0.717, 1.165) is 22.4 Å². The summed E-state index contributed by atoms with van der Waals surface area (Å²) >= 11 is 3.49. The van der Waals surface area contributed by atoms with Crippen LogP contribution in [0.3, 0.4) is 0 Å². The van der Waals surface area contributed by atoms with Gasteiger partial charge in [0.25, 0.3) is 0 Å². The predicted octanol–water partition coefficient (Wildman–Crippen LogP) is 4.73. The summed E-state index contributed by atoms with van der Waals surface area (Å²) in [4.78, 5) is 0. The smallest absolute Gasteiger partial charge is 0.175 e. The molecule has 0 bridgehead atoms. The summed E-state index contributed by atoms with van der Waals surface area (Å²) in [6.07, 6.45) is 8.51. The van der Waals surface area contributed by atoms with E-state index in [4.69, 9.17) is 9.47 Å². The molecule has 0 N–H and O–H groups in total. The molecule has 0 atom stereocenters. The van der Waals surface area contributed by atoms with E-state index >= 15 is 0 Å². The SMILES string of the molecule is COc1cccc(Br)c1OCCC1=CCCCC1. The Balaban J connectivity index is 1.91. The van der Waals surface area contributed by atoms with Crippen LogP contribution in [0.25, 0.3) is 0 Å². The van der Waals surface area contributed by atoms with Crippen LogP contribution in [0.5, 0.6) is 11.5 Å². The number of hydrogen-bond acceptors (Lipinski definition) is 2. The van der Waals surface area contributed by atoms with Gasteiger partial charge in [0.2, 0.25) is 0 Å². The molecule has 0 amide bonds. The minimum Gasteiger partial charge on any atom is -0.493 e. The number of halogens is 1. The summed E-state index contributed by atoms with van der Waals surface area (Å²) < 4.78 is 12.1. The van der Waals surface area contributed by atoms with Crippen molar-refractivity contribution in [1.29, 1.82) is 0 Å². The third kappa shape index (κ3) is 3.52. The largest absolute Gasteiger partial charge is 0.493 e. The first-order valence-corrected chi connectivity index (χ1v) is 7.24. The number of allylic oxidation sites excluding steroid dienone is 1. The van der Waals surface area contributed by atoms with Crippen LogP contribution in [0.2, 0.25) is 0 Å². The number of methoxy groups -OCH3 is 1. The van der Waals surface area contributed by atoms with E-state index in [-0.39, 0.29) is 0 Å². The molecule has 1 aromatic rings. The van der Waals surface area contributed by atoms with Gasteiger partial charge in [-0.05, 0) is 53.7 Å². The average molecular weight is 311 g/mol. The monoisotopic (exact) mass is 310 g/mol. The molecule has 0 fully saturated rings. The Bertz CT molecular complexity index is 427. The first kappa shape index (κ1) is 13.5. The predicted molar refractivity (Wildman–Crippen MR) is 77.4 cm³/mol. The number of hydrogen-bond donors (Lipinski definition) is 0.